The van der Waals surface area contributed by atoms with E-state index in [1.165, 1.54) is 0 Å². The van der Waals surface area contributed by atoms with Crippen LogP contribution in [-0.2, 0) is 14.2 Å². The van der Waals surface area contributed by atoms with Crippen molar-refractivity contribution in [3.8, 4) is 0 Å². The Bertz CT molecular complexity index is 122. The standard InChI is InChI=1S/C11H25NO3/c1-4-11(12-5-2)10-15-9-8-14-7-6-13-3/h11-12H,4-10H2,1-3H3. The fourth-order valence-electron chi connectivity index (χ4n) is 1.20. The Labute approximate surface area is 93.3 Å². The number of ether oxygens (including phenoxy) is 3. The highest BCUT2D eigenvalue weighted by molar-refractivity contribution is 4.61. The van der Waals surface area contributed by atoms with Crippen molar-refractivity contribution in [1.29, 1.82) is 0 Å². The molecule has 1 unspecified atom stereocenters. The number of hydrogen-bond donors (Lipinski definition) is 1. The van der Waals surface area contributed by atoms with E-state index in [1.54, 1.807) is 7.11 Å². The molecular weight excluding hydrogens is 194 g/mol. The van der Waals surface area contributed by atoms with Crippen LogP contribution in [0.4, 0.5) is 0 Å². The lowest BCUT2D eigenvalue weighted by molar-refractivity contribution is 0.0193. The van der Waals surface area contributed by atoms with Crippen molar-refractivity contribution in [2.75, 3.05) is 46.7 Å². The zero-order valence-electron chi connectivity index (χ0n) is 10.3. The van der Waals surface area contributed by atoms with E-state index in [2.05, 4.69) is 19.2 Å². The summed E-state index contributed by atoms with van der Waals surface area (Å²) in [6.07, 6.45) is 1.10. The van der Waals surface area contributed by atoms with Crippen LogP contribution in [0, 0.1) is 0 Å². The quantitative estimate of drug-likeness (QED) is 0.527. The largest absolute Gasteiger partial charge is 0.382 e. The van der Waals surface area contributed by atoms with Gasteiger partial charge < -0.3 is 19.5 Å². The van der Waals surface area contributed by atoms with Crippen LogP contribution < -0.4 is 5.32 Å². The van der Waals surface area contributed by atoms with Crippen LogP contribution in [0.1, 0.15) is 20.3 Å². The summed E-state index contributed by atoms with van der Waals surface area (Å²) >= 11 is 0. The van der Waals surface area contributed by atoms with E-state index in [0.29, 0.717) is 32.5 Å². The fourth-order valence-corrected chi connectivity index (χ4v) is 1.20. The topological polar surface area (TPSA) is 39.7 Å². The molecule has 0 aliphatic rings. The van der Waals surface area contributed by atoms with Gasteiger partial charge in [-0.2, -0.15) is 0 Å². The first kappa shape index (κ1) is 14.8. The maximum absolute atomic E-state index is 5.49. The van der Waals surface area contributed by atoms with E-state index in [4.69, 9.17) is 14.2 Å². The summed E-state index contributed by atoms with van der Waals surface area (Å²) in [5, 5.41) is 3.36. The van der Waals surface area contributed by atoms with Gasteiger partial charge >= 0.3 is 0 Å². The van der Waals surface area contributed by atoms with Gasteiger partial charge in [0.2, 0.25) is 0 Å². The van der Waals surface area contributed by atoms with Crippen LogP contribution >= 0.6 is 0 Å². The summed E-state index contributed by atoms with van der Waals surface area (Å²) in [6, 6.07) is 0.467. The first-order valence-corrected chi connectivity index (χ1v) is 5.72. The van der Waals surface area contributed by atoms with Crippen LogP contribution in [-0.4, -0.2) is 52.7 Å². The molecular formula is C11H25NO3. The Morgan fingerprint density at radius 3 is 2.27 bits per heavy atom. The lowest BCUT2D eigenvalue weighted by Crippen LogP contribution is -2.33. The highest BCUT2D eigenvalue weighted by Crippen LogP contribution is 1.91. The van der Waals surface area contributed by atoms with E-state index in [9.17, 15) is 0 Å². The number of hydrogen-bond acceptors (Lipinski definition) is 4. The van der Waals surface area contributed by atoms with Crippen molar-refractivity contribution in [3.63, 3.8) is 0 Å². The molecule has 0 saturated carbocycles. The fraction of sp³-hybridized carbons (Fsp3) is 1.00. The molecule has 0 fully saturated rings. The molecule has 0 aromatic carbocycles. The second kappa shape index (κ2) is 11.9. The minimum Gasteiger partial charge on any atom is -0.382 e. The molecule has 0 aliphatic heterocycles. The Hall–Kier alpha value is -0.160. The zero-order valence-corrected chi connectivity index (χ0v) is 10.3. The first-order valence-electron chi connectivity index (χ1n) is 5.72. The van der Waals surface area contributed by atoms with E-state index < -0.39 is 0 Å². The average molecular weight is 219 g/mol. The molecule has 0 aromatic heterocycles. The van der Waals surface area contributed by atoms with Crippen LogP contribution in [0.3, 0.4) is 0 Å². The van der Waals surface area contributed by atoms with Gasteiger partial charge in [0.1, 0.15) is 0 Å². The van der Waals surface area contributed by atoms with E-state index in [0.717, 1.165) is 19.6 Å². The van der Waals surface area contributed by atoms with Gasteiger partial charge in [-0.25, -0.2) is 0 Å². The maximum Gasteiger partial charge on any atom is 0.0701 e. The van der Waals surface area contributed by atoms with Crippen LogP contribution in [0.25, 0.3) is 0 Å². The molecule has 4 nitrogen and oxygen atoms in total. The van der Waals surface area contributed by atoms with E-state index in [-0.39, 0.29) is 0 Å². The summed E-state index contributed by atoms with van der Waals surface area (Å²) in [6.45, 7) is 8.61. The summed E-state index contributed by atoms with van der Waals surface area (Å²) in [7, 11) is 1.67. The van der Waals surface area contributed by atoms with Crippen LogP contribution in [0.5, 0.6) is 0 Å². The Morgan fingerprint density at radius 2 is 1.67 bits per heavy atom. The smallest absolute Gasteiger partial charge is 0.0701 e. The third-order valence-electron chi connectivity index (χ3n) is 2.11. The third-order valence-corrected chi connectivity index (χ3v) is 2.11. The minimum absolute atomic E-state index is 0.467. The molecule has 1 N–H and O–H groups in total. The number of methoxy groups -OCH3 is 1. The Kier molecular flexibility index (Phi) is 11.8. The Balaban J connectivity index is 3.14. The van der Waals surface area contributed by atoms with Gasteiger partial charge in [0, 0.05) is 13.2 Å². The second-order valence-corrected chi connectivity index (χ2v) is 3.34. The monoisotopic (exact) mass is 219 g/mol. The molecule has 15 heavy (non-hydrogen) atoms. The van der Waals surface area contributed by atoms with E-state index in [1.807, 2.05) is 0 Å². The van der Waals surface area contributed by atoms with Gasteiger partial charge in [0.15, 0.2) is 0 Å². The third kappa shape index (κ3) is 10.1. The zero-order chi connectivity index (χ0) is 11.4. The molecule has 0 aliphatic carbocycles. The van der Waals surface area contributed by atoms with Crippen LogP contribution in [0.2, 0.25) is 0 Å². The van der Waals surface area contributed by atoms with E-state index >= 15 is 0 Å². The van der Waals surface area contributed by atoms with Gasteiger partial charge in [0.05, 0.1) is 33.0 Å². The van der Waals surface area contributed by atoms with Gasteiger partial charge in [-0.15, -0.1) is 0 Å². The molecule has 4 heteroatoms. The predicted octanol–water partition coefficient (Wildman–Crippen LogP) is 1.05. The van der Waals surface area contributed by atoms with Crippen molar-refractivity contribution in [2.45, 2.75) is 26.3 Å². The molecule has 0 radical (unpaired) electrons. The molecule has 0 heterocycles. The molecule has 0 saturated heterocycles. The van der Waals surface area contributed by atoms with Crippen molar-refractivity contribution >= 4 is 0 Å². The van der Waals surface area contributed by atoms with Crippen molar-refractivity contribution in [1.82, 2.24) is 5.32 Å². The molecule has 0 spiro atoms. The maximum atomic E-state index is 5.49. The van der Waals surface area contributed by atoms with Crippen molar-refractivity contribution in [3.05, 3.63) is 0 Å². The Morgan fingerprint density at radius 1 is 1.00 bits per heavy atom. The summed E-state index contributed by atoms with van der Waals surface area (Å²) < 4.78 is 15.6. The average Bonchev–Trinajstić information content (AvgIpc) is 2.26. The summed E-state index contributed by atoms with van der Waals surface area (Å²) in [4.78, 5) is 0. The normalized spacial score (nSPS) is 13.0. The lowest BCUT2D eigenvalue weighted by Gasteiger charge is -2.15. The van der Waals surface area contributed by atoms with Crippen molar-refractivity contribution in [2.24, 2.45) is 0 Å². The first-order chi connectivity index (χ1) is 7.35. The van der Waals surface area contributed by atoms with Crippen molar-refractivity contribution < 1.29 is 14.2 Å². The van der Waals surface area contributed by atoms with Gasteiger partial charge in [-0.3, -0.25) is 0 Å². The van der Waals surface area contributed by atoms with Gasteiger partial charge in [-0.1, -0.05) is 13.8 Å². The second-order valence-electron chi connectivity index (χ2n) is 3.34. The highest BCUT2D eigenvalue weighted by atomic mass is 16.5. The van der Waals surface area contributed by atoms with Gasteiger partial charge in [-0.05, 0) is 13.0 Å². The van der Waals surface area contributed by atoms with Gasteiger partial charge in [0.25, 0.3) is 0 Å². The molecule has 0 bridgehead atoms. The molecule has 92 valence electrons. The predicted molar refractivity (Wildman–Crippen MR) is 61.3 cm³/mol. The highest BCUT2D eigenvalue weighted by Gasteiger charge is 2.03. The lowest BCUT2D eigenvalue weighted by atomic mass is 10.2. The molecule has 0 amide bonds. The number of rotatable bonds is 11. The van der Waals surface area contributed by atoms with Crippen LogP contribution in [0.15, 0.2) is 0 Å². The molecule has 0 rings (SSSR count). The number of likely N-dealkylation sites (N-methyl/N-ethyl adjacent to an activating group) is 1. The SMILES string of the molecule is CCNC(CC)COCCOCCOC. The summed E-state index contributed by atoms with van der Waals surface area (Å²) in [5.74, 6) is 0. The number of nitrogens with one attached hydrogen (secondary N) is 1. The molecule has 1 atom stereocenters. The minimum atomic E-state index is 0.467. The molecule has 0 aromatic rings. The summed E-state index contributed by atoms with van der Waals surface area (Å²) in [5.41, 5.74) is 0.